The van der Waals surface area contributed by atoms with E-state index in [4.69, 9.17) is 9.47 Å². The van der Waals surface area contributed by atoms with Crippen LogP contribution in [0.4, 0.5) is 0 Å². The number of Topliss-reactive ketones (excluding diaryl/α,β-unsaturated/α-hetero) is 1. The van der Waals surface area contributed by atoms with Gasteiger partial charge in [-0.05, 0) is 112 Å². The molecule has 8 bridgehead atoms. The van der Waals surface area contributed by atoms with Crippen molar-refractivity contribution in [2.45, 2.75) is 127 Å². The Kier molecular flexibility index (Phi) is 14.2. The second kappa shape index (κ2) is 19.1. The van der Waals surface area contributed by atoms with Crippen LogP contribution in [0.2, 0.25) is 0 Å². The zero-order valence-corrected chi connectivity index (χ0v) is 37.8. The van der Waals surface area contributed by atoms with Gasteiger partial charge in [0.25, 0.3) is 0 Å². The second-order valence-corrected chi connectivity index (χ2v) is 17.8. The van der Waals surface area contributed by atoms with Crippen LogP contribution in [0, 0.1) is 50.4 Å². The largest absolute Gasteiger partial charge is 0.468 e. The number of carbonyl (C=O) groups excluding carboxylic acids is 3. The summed E-state index contributed by atoms with van der Waals surface area (Å²) in [5, 5.41) is 5.65. The number of aromatic nitrogens is 3. The Morgan fingerprint density at radius 1 is 0.883 bits per heavy atom. The normalized spacial score (nSPS) is 22.6. The topological polar surface area (TPSA) is 129 Å². The standard InChI is InChI=1S/C51H68N4O5/c1-12-28(4)17-15-18-29(5)19-16-20-30(6)23-24-60-44(56)22-21-37-33(9)40-25-38-31(7)35(13-2)42(52-38)26-39-32(8)36(14-3)43(53-39)27-41-34(10)45-49(55-41)46(48(37)54-40)47(50(45)57)51(58)59-11/h13,23,25-29,33,37,47,52-55H,2,12,14-22,24H2,1,3-11H3/b30-23+,39-26-,40-25-,43-27-,48-46-/t28-,29-,33+,37+,47-/m1/s1. The van der Waals surface area contributed by atoms with E-state index in [0.29, 0.717) is 23.3 Å². The number of rotatable bonds is 17. The lowest BCUT2D eigenvalue weighted by Crippen LogP contribution is -2.25. The zero-order chi connectivity index (χ0) is 43.4. The number of nitrogens with one attached hydrogen (secondary N) is 4. The Morgan fingerprint density at radius 3 is 2.28 bits per heavy atom. The molecule has 4 N–H and O–H groups in total. The van der Waals surface area contributed by atoms with Crippen LogP contribution < -0.4 is 16.0 Å². The molecule has 1 saturated heterocycles. The summed E-state index contributed by atoms with van der Waals surface area (Å²) in [6, 6.07) is 0. The van der Waals surface area contributed by atoms with Gasteiger partial charge in [-0.25, -0.2) is 0 Å². The maximum absolute atomic E-state index is 14.4. The number of aromatic amines is 3. The van der Waals surface area contributed by atoms with Gasteiger partial charge in [0.05, 0.1) is 12.8 Å². The van der Waals surface area contributed by atoms with Gasteiger partial charge in [-0.2, -0.15) is 0 Å². The Hall–Kier alpha value is -5.05. The number of H-pyrrole nitrogens is 3. The van der Waals surface area contributed by atoms with Crippen molar-refractivity contribution in [3.8, 4) is 0 Å². The van der Waals surface area contributed by atoms with Gasteiger partial charge < -0.3 is 29.7 Å². The van der Waals surface area contributed by atoms with Crippen molar-refractivity contribution >= 4 is 47.6 Å². The third-order valence-corrected chi connectivity index (χ3v) is 13.8. The number of methoxy groups -OCH3 is 1. The fourth-order valence-corrected chi connectivity index (χ4v) is 9.62. The van der Waals surface area contributed by atoms with Gasteiger partial charge >= 0.3 is 11.9 Å². The molecule has 0 aromatic carbocycles. The number of hydrogen-bond acceptors (Lipinski definition) is 6. The van der Waals surface area contributed by atoms with Crippen molar-refractivity contribution in [1.29, 1.82) is 0 Å². The fourth-order valence-electron chi connectivity index (χ4n) is 9.62. The maximum Gasteiger partial charge on any atom is 0.321 e. The van der Waals surface area contributed by atoms with Gasteiger partial charge in [0.15, 0.2) is 5.78 Å². The van der Waals surface area contributed by atoms with Crippen LogP contribution in [0.25, 0.3) is 29.9 Å². The molecule has 5 atom stereocenters. The van der Waals surface area contributed by atoms with Gasteiger partial charge in [-0.3, -0.25) is 14.4 Å². The maximum atomic E-state index is 14.4. The molecule has 9 nitrogen and oxygen atoms in total. The zero-order valence-electron chi connectivity index (χ0n) is 37.8. The minimum Gasteiger partial charge on any atom is -0.468 e. The average molecular weight is 817 g/mol. The lowest BCUT2D eigenvalue weighted by Gasteiger charge is -2.19. The number of allylic oxidation sites excluding steroid dienone is 3. The summed E-state index contributed by atoms with van der Waals surface area (Å²) in [7, 11) is 1.32. The molecule has 1 fully saturated rings. The molecule has 0 radical (unpaired) electrons. The summed E-state index contributed by atoms with van der Waals surface area (Å²) in [5.74, 6) is -1.08. The Morgan fingerprint density at radius 2 is 1.58 bits per heavy atom. The van der Waals surface area contributed by atoms with E-state index in [1.54, 1.807) is 0 Å². The molecule has 2 aliphatic heterocycles. The van der Waals surface area contributed by atoms with Crippen LogP contribution in [-0.4, -0.2) is 46.4 Å². The summed E-state index contributed by atoms with van der Waals surface area (Å²) in [6.45, 7) is 23.9. The number of ketones is 1. The second-order valence-electron chi connectivity index (χ2n) is 17.8. The molecule has 0 saturated carbocycles. The van der Waals surface area contributed by atoms with E-state index >= 15 is 0 Å². The molecule has 6 rings (SSSR count). The molecule has 5 heterocycles. The van der Waals surface area contributed by atoms with Gasteiger partial charge in [-0.15, -0.1) is 0 Å². The summed E-state index contributed by atoms with van der Waals surface area (Å²) in [5.41, 5.74) is 12.5. The predicted molar refractivity (Wildman–Crippen MR) is 243 cm³/mol. The highest BCUT2D eigenvalue weighted by Gasteiger charge is 2.48. The smallest absolute Gasteiger partial charge is 0.321 e. The third-order valence-electron chi connectivity index (χ3n) is 13.8. The summed E-state index contributed by atoms with van der Waals surface area (Å²) in [4.78, 5) is 52.2. The van der Waals surface area contributed by atoms with E-state index in [-0.39, 0.29) is 36.6 Å². The number of ether oxygens (including phenoxy) is 2. The number of fused-ring (bicyclic) bond motifs is 7. The van der Waals surface area contributed by atoms with Crippen molar-refractivity contribution in [1.82, 2.24) is 20.3 Å². The molecule has 3 aromatic rings. The molecule has 3 aromatic heterocycles. The highest BCUT2D eigenvalue weighted by molar-refractivity contribution is 6.24. The van der Waals surface area contributed by atoms with Crippen LogP contribution >= 0.6 is 0 Å². The summed E-state index contributed by atoms with van der Waals surface area (Å²) in [6.07, 6.45) is 20.2. The minimum absolute atomic E-state index is 0.0858. The third kappa shape index (κ3) is 9.01. The first-order valence-corrected chi connectivity index (χ1v) is 22.4. The molecule has 3 aliphatic rings. The Bertz CT molecular complexity index is 2360. The molecule has 0 spiro atoms. The van der Waals surface area contributed by atoms with E-state index < -0.39 is 11.9 Å². The first-order valence-electron chi connectivity index (χ1n) is 22.4. The Labute approximate surface area is 357 Å². The van der Waals surface area contributed by atoms with Crippen LogP contribution in [-0.2, 0) is 25.5 Å². The molecule has 60 heavy (non-hydrogen) atoms. The molecule has 1 aliphatic carbocycles. The predicted octanol–water partition coefficient (Wildman–Crippen LogP) is 9.66. The minimum atomic E-state index is -1.14. The molecular weight excluding hydrogens is 749 g/mol. The molecule has 0 unspecified atom stereocenters. The van der Waals surface area contributed by atoms with Crippen molar-refractivity contribution in [2.24, 2.45) is 29.6 Å². The van der Waals surface area contributed by atoms with E-state index in [1.807, 2.05) is 19.1 Å². The quantitative estimate of drug-likeness (QED) is 0.0611. The SMILES string of the molecule is C=Cc1c2[nH]c(c1C)/C=C1\N/C(=C3\c4[nH]c(c(C)c4C(=O)[C@@H]3C(=O)OC)/C=c3\[nH]/c(c(C)c3CC)=C\2)[C@@H](CCC(=O)OC/C=C(\C)CCC[C@H](C)CCC[C@H](C)CC)[C@@H]1C. The number of hydrogen-bond donors (Lipinski definition) is 4. The van der Waals surface area contributed by atoms with E-state index in [0.717, 1.165) is 92.5 Å². The summed E-state index contributed by atoms with van der Waals surface area (Å²) >= 11 is 0. The van der Waals surface area contributed by atoms with Gasteiger partial charge in [0.1, 0.15) is 12.5 Å². The highest BCUT2D eigenvalue weighted by atomic mass is 16.5. The van der Waals surface area contributed by atoms with Gasteiger partial charge in [0.2, 0.25) is 0 Å². The summed E-state index contributed by atoms with van der Waals surface area (Å²) < 4.78 is 11.1. The van der Waals surface area contributed by atoms with Crippen molar-refractivity contribution in [2.75, 3.05) is 13.7 Å². The van der Waals surface area contributed by atoms with Crippen LogP contribution in [0.3, 0.4) is 0 Å². The molecule has 0 amide bonds. The Balaban J connectivity index is 1.31. The molecule has 322 valence electrons. The van der Waals surface area contributed by atoms with E-state index in [2.05, 4.69) is 100 Å². The first-order chi connectivity index (χ1) is 28.7. The lowest BCUT2D eigenvalue weighted by atomic mass is 9.85. The number of carbonyl (C=O) groups is 3. The van der Waals surface area contributed by atoms with E-state index in [9.17, 15) is 14.4 Å². The van der Waals surface area contributed by atoms with Crippen LogP contribution in [0.15, 0.2) is 29.6 Å². The van der Waals surface area contributed by atoms with Crippen molar-refractivity contribution in [3.05, 3.63) is 96.5 Å². The fraction of sp³-hybridized carbons (Fsp3) is 0.510. The molecule has 9 heteroatoms. The van der Waals surface area contributed by atoms with Gasteiger partial charge in [-0.1, -0.05) is 85.0 Å². The monoisotopic (exact) mass is 817 g/mol. The lowest BCUT2D eigenvalue weighted by molar-refractivity contribution is -0.143. The average Bonchev–Trinajstić information content (AvgIpc) is 3.97. The highest BCUT2D eigenvalue weighted by Crippen LogP contribution is 2.48. The first kappa shape index (κ1) is 44.5. The number of esters is 2. The van der Waals surface area contributed by atoms with Gasteiger partial charge in [0, 0.05) is 74.1 Å². The molecular formula is C51H68N4O5. The van der Waals surface area contributed by atoms with Crippen LogP contribution in [0.5, 0.6) is 0 Å². The van der Waals surface area contributed by atoms with E-state index in [1.165, 1.54) is 50.4 Å². The van der Waals surface area contributed by atoms with Crippen molar-refractivity contribution in [3.63, 3.8) is 0 Å². The van der Waals surface area contributed by atoms with Crippen molar-refractivity contribution < 1.29 is 23.9 Å². The van der Waals surface area contributed by atoms with Crippen LogP contribution in [0.1, 0.15) is 160 Å².